The van der Waals surface area contributed by atoms with Crippen molar-refractivity contribution in [3.63, 3.8) is 0 Å². The van der Waals surface area contributed by atoms with E-state index >= 15 is 0 Å². The van der Waals surface area contributed by atoms with Crippen LogP contribution in [-0.4, -0.2) is 30.6 Å². The summed E-state index contributed by atoms with van der Waals surface area (Å²) >= 11 is 0. The van der Waals surface area contributed by atoms with E-state index in [-0.39, 0.29) is 12.2 Å². The predicted octanol–water partition coefficient (Wildman–Crippen LogP) is 0.282. The molecule has 2 rings (SSSR count). The van der Waals surface area contributed by atoms with Gasteiger partial charge in [-0.05, 0) is 13.0 Å². The Morgan fingerprint density at radius 2 is 2.19 bits per heavy atom. The van der Waals surface area contributed by atoms with Gasteiger partial charge in [0.1, 0.15) is 5.69 Å². The summed E-state index contributed by atoms with van der Waals surface area (Å²) in [5.74, 6) is 0.00333. The van der Waals surface area contributed by atoms with Crippen LogP contribution >= 0.6 is 0 Å². The standard InChI is InChI=1S/C10H13N5O/c1-7-4-9(15(3)12-7)10(16)5-8-6-14(2)13-11-8/h4,6H,5H2,1-3H3. The molecule has 2 aromatic heterocycles. The highest BCUT2D eigenvalue weighted by Gasteiger charge is 2.13. The maximum atomic E-state index is 11.9. The summed E-state index contributed by atoms with van der Waals surface area (Å²) in [5, 5.41) is 11.8. The number of hydrogen-bond acceptors (Lipinski definition) is 4. The molecule has 6 nitrogen and oxygen atoms in total. The summed E-state index contributed by atoms with van der Waals surface area (Å²) in [6, 6.07) is 1.78. The third kappa shape index (κ3) is 2.00. The quantitative estimate of drug-likeness (QED) is 0.695. The second-order valence-corrected chi connectivity index (χ2v) is 3.78. The van der Waals surface area contributed by atoms with Gasteiger partial charge in [-0.1, -0.05) is 5.21 Å². The van der Waals surface area contributed by atoms with Crippen molar-refractivity contribution in [2.45, 2.75) is 13.3 Å². The first kappa shape index (κ1) is 10.5. The molecule has 0 fully saturated rings. The lowest BCUT2D eigenvalue weighted by molar-refractivity contribution is 0.0983. The van der Waals surface area contributed by atoms with Gasteiger partial charge in [-0.2, -0.15) is 5.10 Å². The first-order chi connectivity index (χ1) is 7.56. The molecule has 0 saturated carbocycles. The minimum absolute atomic E-state index is 0.00333. The van der Waals surface area contributed by atoms with Crippen molar-refractivity contribution in [3.05, 3.63) is 29.3 Å². The molecular weight excluding hydrogens is 206 g/mol. The number of aryl methyl sites for hydroxylation is 3. The lowest BCUT2D eigenvalue weighted by atomic mass is 10.1. The number of aromatic nitrogens is 5. The fourth-order valence-electron chi connectivity index (χ4n) is 1.60. The van der Waals surface area contributed by atoms with Crippen LogP contribution in [0.4, 0.5) is 0 Å². The number of nitrogens with zero attached hydrogens (tertiary/aromatic N) is 5. The second kappa shape index (κ2) is 3.88. The zero-order chi connectivity index (χ0) is 11.7. The zero-order valence-electron chi connectivity index (χ0n) is 9.51. The van der Waals surface area contributed by atoms with Crippen LogP contribution in [0.2, 0.25) is 0 Å². The Bertz CT molecular complexity index is 525. The average Bonchev–Trinajstić information content (AvgIpc) is 2.73. The van der Waals surface area contributed by atoms with Crippen LogP contribution in [0.5, 0.6) is 0 Å². The molecule has 0 N–H and O–H groups in total. The molecule has 0 aliphatic carbocycles. The first-order valence-corrected chi connectivity index (χ1v) is 4.95. The Balaban J connectivity index is 2.17. The van der Waals surface area contributed by atoms with E-state index in [1.54, 1.807) is 35.7 Å². The molecule has 0 aromatic carbocycles. The van der Waals surface area contributed by atoms with E-state index in [1.807, 2.05) is 6.92 Å². The summed E-state index contributed by atoms with van der Waals surface area (Å²) in [7, 11) is 3.53. The molecule has 2 heterocycles. The van der Waals surface area contributed by atoms with Crippen molar-refractivity contribution >= 4 is 5.78 Å². The van der Waals surface area contributed by atoms with Gasteiger partial charge in [0, 0.05) is 20.3 Å². The van der Waals surface area contributed by atoms with Gasteiger partial charge in [0.05, 0.1) is 17.8 Å². The molecule has 84 valence electrons. The third-order valence-corrected chi connectivity index (χ3v) is 2.28. The van der Waals surface area contributed by atoms with E-state index in [0.717, 1.165) is 5.69 Å². The van der Waals surface area contributed by atoms with E-state index in [4.69, 9.17) is 0 Å². The molecule has 0 amide bonds. The lowest BCUT2D eigenvalue weighted by Crippen LogP contribution is -2.09. The van der Waals surface area contributed by atoms with Crippen molar-refractivity contribution in [2.75, 3.05) is 0 Å². The van der Waals surface area contributed by atoms with Crippen LogP contribution in [0, 0.1) is 6.92 Å². The normalized spacial score (nSPS) is 10.7. The molecule has 0 spiro atoms. The first-order valence-electron chi connectivity index (χ1n) is 4.95. The molecule has 0 aliphatic heterocycles. The van der Waals surface area contributed by atoms with Crippen molar-refractivity contribution in [2.24, 2.45) is 14.1 Å². The summed E-state index contributed by atoms with van der Waals surface area (Å²) in [6.45, 7) is 1.86. The SMILES string of the molecule is Cc1cc(C(=O)Cc2cn(C)nn2)n(C)n1. The number of carbonyl (C=O) groups excluding carboxylic acids is 1. The molecular formula is C10H13N5O. The number of ketones is 1. The van der Waals surface area contributed by atoms with Gasteiger partial charge in [0.25, 0.3) is 0 Å². The van der Waals surface area contributed by atoms with Gasteiger partial charge in [-0.3, -0.25) is 14.2 Å². The molecule has 0 saturated heterocycles. The number of hydrogen-bond donors (Lipinski definition) is 0. The average molecular weight is 219 g/mol. The van der Waals surface area contributed by atoms with E-state index < -0.39 is 0 Å². The van der Waals surface area contributed by atoms with E-state index in [2.05, 4.69) is 15.4 Å². The summed E-state index contributed by atoms with van der Waals surface area (Å²) in [5.41, 5.74) is 2.11. The molecule has 0 radical (unpaired) electrons. The number of rotatable bonds is 3. The number of carbonyl (C=O) groups is 1. The molecule has 0 atom stereocenters. The zero-order valence-corrected chi connectivity index (χ0v) is 9.51. The molecule has 0 bridgehead atoms. The van der Waals surface area contributed by atoms with Gasteiger partial charge >= 0.3 is 0 Å². The minimum atomic E-state index is 0.00333. The Morgan fingerprint density at radius 3 is 2.69 bits per heavy atom. The summed E-state index contributed by atoms with van der Waals surface area (Å²) in [6.07, 6.45) is 1.99. The molecule has 16 heavy (non-hydrogen) atoms. The molecule has 6 heteroatoms. The predicted molar refractivity (Wildman–Crippen MR) is 57.0 cm³/mol. The maximum Gasteiger partial charge on any atom is 0.186 e. The van der Waals surface area contributed by atoms with Crippen molar-refractivity contribution < 1.29 is 4.79 Å². The smallest absolute Gasteiger partial charge is 0.186 e. The minimum Gasteiger partial charge on any atom is -0.292 e. The van der Waals surface area contributed by atoms with Gasteiger partial charge < -0.3 is 0 Å². The lowest BCUT2D eigenvalue weighted by Gasteiger charge is -1.97. The van der Waals surface area contributed by atoms with Crippen LogP contribution in [-0.2, 0) is 20.5 Å². The maximum absolute atomic E-state index is 11.9. The fraction of sp³-hybridized carbons (Fsp3) is 0.400. The van der Waals surface area contributed by atoms with Crippen molar-refractivity contribution in [3.8, 4) is 0 Å². The van der Waals surface area contributed by atoms with Crippen molar-refractivity contribution in [1.29, 1.82) is 0 Å². The summed E-state index contributed by atoms with van der Waals surface area (Å²) < 4.78 is 3.17. The Hall–Kier alpha value is -1.98. The monoisotopic (exact) mass is 219 g/mol. The summed E-state index contributed by atoms with van der Waals surface area (Å²) in [4.78, 5) is 11.9. The molecule has 2 aromatic rings. The van der Waals surface area contributed by atoms with E-state index in [1.165, 1.54) is 0 Å². The van der Waals surface area contributed by atoms with Gasteiger partial charge in [0.15, 0.2) is 5.78 Å². The highest BCUT2D eigenvalue weighted by molar-refractivity contribution is 5.95. The largest absolute Gasteiger partial charge is 0.292 e. The van der Waals surface area contributed by atoms with Gasteiger partial charge in [-0.25, -0.2) is 0 Å². The number of Topliss-reactive ketones (excluding diaryl/α,β-unsaturated/α-hetero) is 1. The Kier molecular flexibility index (Phi) is 2.55. The Labute approximate surface area is 92.9 Å². The second-order valence-electron chi connectivity index (χ2n) is 3.78. The highest BCUT2D eigenvalue weighted by atomic mass is 16.1. The van der Waals surface area contributed by atoms with Crippen LogP contribution < -0.4 is 0 Å². The highest BCUT2D eigenvalue weighted by Crippen LogP contribution is 2.06. The topological polar surface area (TPSA) is 65.6 Å². The fourth-order valence-corrected chi connectivity index (χ4v) is 1.60. The Morgan fingerprint density at radius 1 is 1.44 bits per heavy atom. The third-order valence-electron chi connectivity index (χ3n) is 2.28. The molecule has 0 unspecified atom stereocenters. The van der Waals surface area contributed by atoms with Crippen LogP contribution in [0.3, 0.4) is 0 Å². The van der Waals surface area contributed by atoms with E-state index in [0.29, 0.717) is 11.4 Å². The van der Waals surface area contributed by atoms with Gasteiger partial charge in [0.2, 0.25) is 0 Å². The van der Waals surface area contributed by atoms with Crippen LogP contribution in [0.1, 0.15) is 21.9 Å². The van der Waals surface area contributed by atoms with E-state index in [9.17, 15) is 4.79 Å². The van der Waals surface area contributed by atoms with Crippen molar-refractivity contribution in [1.82, 2.24) is 24.8 Å². The molecule has 0 aliphatic rings. The van der Waals surface area contributed by atoms with Crippen LogP contribution in [0.25, 0.3) is 0 Å². The van der Waals surface area contributed by atoms with Crippen LogP contribution in [0.15, 0.2) is 12.3 Å². The van der Waals surface area contributed by atoms with Gasteiger partial charge in [-0.15, -0.1) is 5.10 Å².